The summed E-state index contributed by atoms with van der Waals surface area (Å²) >= 11 is 0. The molecule has 0 saturated carbocycles. The van der Waals surface area contributed by atoms with Crippen LogP contribution in [0, 0.1) is 5.92 Å². The highest BCUT2D eigenvalue weighted by Gasteiger charge is 2.27. The molecule has 108 valence electrons. The van der Waals surface area contributed by atoms with Crippen LogP contribution in [0.1, 0.15) is 47.0 Å². The molecule has 3 N–H and O–H groups in total. The van der Waals surface area contributed by atoms with Crippen LogP contribution in [0.25, 0.3) is 0 Å². The van der Waals surface area contributed by atoms with Gasteiger partial charge in [-0.1, -0.05) is 39.3 Å². The quantitative estimate of drug-likeness (QED) is 0.441. The van der Waals surface area contributed by atoms with Crippen LogP contribution in [-0.2, 0) is 4.74 Å². The van der Waals surface area contributed by atoms with Gasteiger partial charge in [-0.3, -0.25) is 0 Å². The first-order chi connectivity index (χ1) is 8.49. The maximum absolute atomic E-state index is 5.97. The maximum Gasteiger partial charge on any atom is 0.0672 e. The molecular formula is C15H32N2O. The molecule has 0 saturated heterocycles. The molecule has 0 fully saturated rings. The van der Waals surface area contributed by atoms with Gasteiger partial charge >= 0.3 is 0 Å². The summed E-state index contributed by atoms with van der Waals surface area (Å²) in [6.07, 6.45) is 3.40. The fourth-order valence-electron chi connectivity index (χ4n) is 2.09. The van der Waals surface area contributed by atoms with Gasteiger partial charge in [-0.2, -0.15) is 0 Å². The molecule has 0 spiro atoms. The fraction of sp³-hybridized carbons (Fsp3) is 0.867. The Morgan fingerprint density at radius 1 is 1.44 bits per heavy atom. The zero-order valence-corrected chi connectivity index (χ0v) is 12.7. The van der Waals surface area contributed by atoms with Crippen molar-refractivity contribution < 1.29 is 4.74 Å². The first-order valence-corrected chi connectivity index (χ1v) is 7.16. The molecule has 0 aliphatic rings. The third-order valence-electron chi connectivity index (χ3n) is 3.60. The highest BCUT2D eigenvalue weighted by molar-refractivity contribution is 4.90. The summed E-state index contributed by atoms with van der Waals surface area (Å²) in [4.78, 5) is 0. The van der Waals surface area contributed by atoms with Gasteiger partial charge in [0, 0.05) is 18.6 Å². The van der Waals surface area contributed by atoms with Crippen molar-refractivity contribution in [2.24, 2.45) is 11.7 Å². The van der Waals surface area contributed by atoms with E-state index in [4.69, 9.17) is 10.5 Å². The summed E-state index contributed by atoms with van der Waals surface area (Å²) in [5.41, 5.74) is 7.10. The lowest BCUT2D eigenvalue weighted by Gasteiger charge is -2.35. The van der Waals surface area contributed by atoms with Gasteiger partial charge < -0.3 is 15.8 Å². The minimum atomic E-state index is 0.0714. The number of hydrogen-bond acceptors (Lipinski definition) is 3. The average molecular weight is 256 g/mol. The maximum atomic E-state index is 5.97. The van der Waals surface area contributed by atoms with Gasteiger partial charge in [0.05, 0.1) is 13.2 Å². The first-order valence-electron chi connectivity index (χ1n) is 7.16. The normalized spacial score (nSPS) is 16.3. The molecule has 3 heteroatoms. The predicted molar refractivity (Wildman–Crippen MR) is 79.8 cm³/mol. The van der Waals surface area contributed by atoms with Gasteiger partial charge in [-0.25, -0.2) is 0 Å². The molecule has 0 heterocycles. The van der Waals surface area contributed by atoms with Crippen molar-refractivity contribution in [2.75, 3.05) is 26.3 Å². The Balaban J connectivity index is 4.05. The van der Waals surface area contributed by atoms with E-state index >= 15 is 0 Å². The minimum absolute atomic E-state index is 0.0714. The lowest BCUT2D eigenvalue weighted by molar-refractivity contribution is 0.142. The van der Waals surface area contributed by atoms with Crippen LogP contribution >= 0.6 is 0 Å². The van der Waals surface area contributed by atoms with Crippen LogP contribution in [0.15, 0.2) is 12.2 Å². The topological polar surface area (TPSA) is 47.3 Å². The number of rotatable bonds is 11. The van der Waals surface area contributed by atoms with Crippen LogP contribution < -0.4 is 11.1 Å². The number of nitrogens with one attached hydrogen (secondary N) is 1. The van der Waals surface area contributed by atoms with E-state index in [1.54, 1.807) is 0 Å². The molecule has 0 aliphatic carbocycles. The van der Waals surface area contributed by atoms with Gasteiger partial charge in [0.2, 0.25) is 0 Å². The molecule has 3 nitrogen and oxygen atoms in total. The van der Waals surface area contributed by atoms with E-state index in [1.165, 1.54) is 6.42 Å². The smallest absolute Gasteiger partial charge is 0.0672 e. The lowest BCUT2D eigenvalue weighted by atomic mass is 9.84. The van der Waals surface area contributed by atoms with E-state index in [0.29, 0.717) is 19.1 Å². The Hall–Kier alpha value is -0.380. The van der Waals surface area contributed by atoms with E-state index in [1.807, 2.05) is 6.92 Å². The number of nitrogens with two attached hydrogens (primary N) is 1. The molecular weight excluding hydrogens is 224 g/mol. The van der Waals surface area contributed by atoms with Gasteiger partial charge in [0.25, 0.3) is 0 Å². The van der Waals surface area contributed by atoms with Crippen LogP contribution in [0.2, 0.25) is 0 Å². The summed E-state index contributed by atoms with van der Waals surface area (Å²) in [6.45, 7) is 15.4. The highest BCUT2D eigenvalue weighted by Crippen LogP contribution is 2.21. The summed E-state index contributed by atoms with van der Waals surface area (Å²) in [5.74, 6) is 0.706. The van der Waals surface area contributed by atoms with Crippen molar-refractivity contribution in [3.8, 4) is 0 Å². The number of ether oxygens (including phenoxy) is 1. The van der Waals surface area contributed by atoms with Crippen molar-refractivity contribution in [3.05, 3.63) is 12.2 Å². The molecule has 0 radical (unpaired) electrons. The Labute approximate surface area is 113 Å². The molecule has 0 rings (SSSR count). The van der Waals surface area contributed by atoms with Crippen molar-refractivity contribution >= 4 is 0 Å². The van der Waals surface area contributed by atoms with Crippen LogP contribution in [0.5, 0.6) is 0 Å². The number of hydrogen-bond donors (Lipinski definition) is 2. The average Bonchev–Trinajstić information content (AvgIpc) is 2.36. The Morgan fingerprint density at radius 3 is 2.56 bits per heavy atom. The van der Waals surface area contributed by atoms with Gasteiger partial charge in [-0.05, 0) is 25.7 Å². The van der Waals surface area contributed by atoms with Gasteiger partial charge in [-0.15, -0.1) is 0 Å². The summed E-state index contributed by atoms with van der Waals surface area (Å²) < 4.78 is 5.51. The summed E-state index contributed by atoms with van der Waals surface area (Å²) in [6, 6.07) is 0. The molecule has 18 heavy (non-hydrogen) atoms. The van der Waals surface area contributed by atoms with E-state index < -0.39 is 0 Å². The highest BCUT2D eigenvalue weighted by atomic mass is 16.5. The lowest BCUT2D eigenvalue weighted by Crippen LogP contribution is -2.52. The molecule has 0 aromatic heterocycles. The van der Waals surface area contributed by atoms with E-state index in [-0.39, 0.29) is 5.54 Å². The van der Waals surface area contributed by atoms with Crippen LogP contribution in [-0.4, -0.2) is 31.8 Å². The molecule has 2 atom stereocenters. The van der Waals surface area contributed by atoms with Crippen molar-refractivity contribution in [2.45, 2.75) is 52.5 Å². The van der Waals surface area contributed by atoms with Gasteiger partial charge in [0.15, 0.2) is 0 Å². The Morgan fingerprint density at radius 2 is 2.11 bits per heavy atom. The second-order valence-electron chi connectivity index (χ2n) is 5.49. The molecule has 0 bridgehead atoms. The van der Waals surface area contributed by atoms with E-state index in [0.717, 1.165) is 31.6 Å². The van der Waals surface area contributed by atoms with E-state index in [9.17, 15) is 0 Å². The zero-order valence-electron chi connectivity index (χ0n) is 12.7. The summed E-state index contributed by atoms with van der Waals surface area (Å²) in [7, 11) is 0. The molecule has 0 aromatic carbocycles. The molecule has 0 aliphatic heterocycles. The standard InChI is InChI=1S/C15H32N2O/c1-6-14(5)10-15(7-2,12-16)17-8-9-18-11-13(3)4/h14,17H,3,6-12,16H2,1-2,4-5H3. The SMILES string of the molecule is C=C(C)COCCNC(CC)(CN)CC(C)CC. The second-order valence-corrected chi connectivity index (χ2v) is 5.49. The third-order valence-corrected chi connectivity index (χ3v) is 3.60. The van der Waals surface area contributed by atoms with Crippen LogP contribution in [0.3, 0.4) is 0 Å². The van der Waals surface area contributed by atoms with Crippen molar-refractivity contribution in [3.63, 3.8) is 0 Å². The largest absolute Gasteiger partial charge is 0.376 e. The van der Waals surface area contributed by atoms with Crippen LogP contribution in [0.4, 0.5) is 0 Å². The first kappa shape index (κ1) is 17.6. The molecule has 0 amide bonds. The molecule has 0 aromatic rings. The third kappa shape index (κ3) is 7.14. The van der Waals surface area contributed by atoms with Crippen molar-refractivity contribution in [1.29, 1.82) is 0 Å². The zero-order chi connectivity index (χ0) is 14.0. The Kier molecular flexibility index (Phi) is 9.34. The van der Waals surface area contributed by atoms with E-state index in [2.05, 4.69) is 32.7 Å². The Bertz CT molecular complexity index is 225. The fourth-order valence-corrected chi connectivity index (χ4v) is 2.09. The monoisotopic (exact) mass is 256 g/mol. The second kappa shape index (κ2) is 9.54. The predicted octanol–water partition coefficient (Wildman–Crippen LogP) is 2.71. The molecule has 2 unspecified atom stereocenters. The minimum Gasteiger partial charge on any atom is -0.376 e. The van der Waals surface area contributed by atoms with Crippen molar-refractivity contribution in [1.82, 2.24) is 5.32 Å². The summed E-state index contributed by atoms with van der Waals surface area (Å²) in [5, 5.41) is 3.59. The van der Waals surface area contributed by atoms with Gasteiger partial charge in [0.1, 0.15) is 0 Å².